The van der Waals surface area contributed by atoms with E-state index in [2.05, 4.69) is 26.5 Å². The van der Waals surface area contributed by atoms with Crippen LogP contribution in [0.2, 0.25) is 0 Å². The number of rotatable bonds is 8. The molecule has 0 aliphatic carbocycles. The van der Waals surface area contributed by atoms with Crippen molar-refractivity contribution in [2.75, 3.05) is 37.2 Å². The van der Waals surface area contributed by atoms with Crippen molar-refractivity contribution in [3.8, 4) is 17.3 Å². The maximum atomic E-state index is 13.4. The van der Waals surface area contributed by atoms with Crippen molar-refractivity contribution in [2.45, 2.75) is 31.5 Å². The maximum Gasteiger partial charge on any atom is 0.253 e. The first-order chi connectivity index (χ1) is 18.2. The van der Waals surface area contributed by atoms with Gasteiger partial charge in [-0.15, -0.1) is 0 Å². The first-order valence-electron chi connectivity index (χ1n) is 12.3. The second-order valence-electron chi connectivity index (χ2n) is 9.51. The van der Waals surface area contributed by atoms with Crippen LogP contribution in [0.25, 0.3) is 11.3 Å². The Hall–Kier alpha value is -3.89. The van der Waals surface area contributed by atoms with Gasteiger partial charge in [-0.1, -0.05) is 0 Å². The quantitative estimate of drug-likeness (QED) is 0.462. The summed E-state index contributed by atoms with van der Waals surface area (Å²) in [6.45, 7) is 2.53. The lowest BCUT2D eigenvalue weighted by Gasteiger charge is -2.47. The number of carbonyl (C=O) groups is 1. The second-order valence-corrected chi connectivity index (χ2v) is 11.8. The molecule has 198 valence electrons. The molecule has 4 heterocycles. The van der Waals surface area contributed by atoms with Crippen LogP contribution in [0, 0.1) is 11.3 Å². The molecule has 1 atom stereocenters. The Labute approximate surface area is 220 Å². The number of aromatic nitrogens is 4. The number of nitrogens with one attached hydrogen (secondary N) is 1. The average Bonchev–Trinajstić information content (AvgIpc) is 3.56. The summed E-state index contributed by atoms with van der Waals surface area (Å²) < 4.78 is 40.9. The number of amides is 1. The van der Waals surface area contributed by atoms with Crippen molar-refractivity contribution < 1.29 is 17.6 Å². The summed E-state index contributed by atoms with van der Waals surface area (Å²) in [6.07, 6.45) is 4.53. The molecule has 13 heteroatoms. The number of hydrogen-bond acceptors (Lipinski definition) is 8. The van der Waals surface area contributed by atoms with Crippen LogP contribution in [0.5, 0.6) is 0 Å². The molecule has 2 fully saturated rings. The van der Waals surface area contributed by atoms with Crippen molar-refractivity contribution in [2.24, 2.45) is 0 Å². The van der Waals surface area contributed by atoms with E-state index in [0.29, 0.717) is 41.4 Å². The average molecular weight is 539 g/mol. The van der Waals surface area contributed by atoms with Gasteiger partial charge >= 0.3 is 0 Å². The normalized spacial score (nSPS) is 19.1. The van der Waals surface area contributed by atoms with Crippen LogP contribution in [-0.2, 0) is 15.6 Å². The summed E-state index contributed by atoms with van der Waals surface area (Å²) in [6, 6.07) is 10.7. The number of benzene rings is 1. The Bertz CT molecular complexity index is 1480. The lowest BCUT2D eigenvalue weighted by atomic mass is 9.89. The van der Waals surface area contributed by atoms with E-state index in [1.807, 2.05) is 0 Å². The zero-order valence-corrected chi connectivity index (χ0v) is 21.6. The molecule has 2 aliphatic heterocycles. The van der Waals surface area contributed by atoms with Gasteiger partial charge in [-0.2, -0.15) is 14.7 Å². The molecule has 38 heavy (non-hydrogen) atoms. The van der Waals surface area contributed by atoms with Crippen LogP contribution in [-0.4, -0.2) is 81.4 Å². The van der Waals surface area contributed by atoms with Crippen LogP contribution in [0.4, 0.5) is 16.0 Å². The minimum Gasteiger partial charge on any atom is -0.336 e. The minimum absolute atomic E-state index is 0.00768. The zero-order valence-electron chi connectivity index (χ0n) is 20.8. The monoisotopic (exact) mass is 538 g/mol. The van der Waals surface area contributed by atoms with E-state index in [-0.39, 0.29) is 37.7 Å². The molecular weight excluding hydrogens is 511 g/mol. The van der Waals surface area contributed by atoms with E-state index < -0.39 is 21.7 Å². The lowest BCUT2D eigenvalue weighted by Crippen LogP contribution is -2.64. The molecule has 0 saturated carbocycles. The number of hydrogen-bond donors (Lipinski definition) is 1. The van der Waals surface area contributed by atoms with Gasteiger partial charge in [0.2, 0.25) is 16.0 Å². The van der Waals surface area contributed by atoms with E-state index in [9.17, 15) is 22.9 Å². The number of likely N-dealkylation sites (tertiary alicyclic amines) is 1. The molecule has 2 aromatic heterocycles. The number of alkyl halides is 1. The third-order valence-electron chi connectivity index (χ3n) is 6.93. The van der Waals surface area contributed by atoms with Crippen LogP contribution < -0.4 is 5.32 Å². The van der Waals surface area contributed by atoms with Gasteiger partial charge in [-0.3, -0.25) is 9.48 Å². The highest BCUT2D eigenvalue weighted by molar-refractivity contribution is 7.89. The lowest BCUT2D eigenvalue weighted by molar-refractivity contribution is 0.0719. The first kappa shape index (κ1) is 25.7. The zero-order chi connectivity index (χ0) is 26.9. The predicted octanol–water partition coefficient (Wildman–Crippen LogP) is 2.54. The third-order valence-corrected chi connectivity index (χ3v) is 8.71. The van der Waals surface area contributed by atoms with Gasteiger partial charge in [-0.25, -0.2) is 22.8 Å². The highest BCUT2D eigenvalue weighted by atomic mass is 32.2. The van der Waals surface area contributed by atoms with E-state index in [0.717, 1.165) is 0 Å². The topological polar surface area (TPSA) is 137 Å². The predicted molar refractivity (Wildman–Crippen MR) is 138 cm³/mol. The summed E-state index contributed by atoms with van der Waals surface area (Å²) >= 11 is 0. The number of nitrogens with zero attached hydrogens (tertiary/aromatic N) is 7. The largest absolute Gasteiger partial charge is 0.336 e. The summed E-state index contributed by atoms with van der Waals surface area (Å²) in [5.41, 5.74) is 1.74. The highest BCUT2D eigenvalue weighted by Crippen LogP contribution is 2.35. The Morgan fingerprint density at radius 1 is 1.26 bits per heavy atom. The van der Waals surface area contributed by atoms with Crippen LogP contribution in [0.1, 0.15) is 30.1 Å². The smallest absolute Gasteiger partial charge is 0.253 e. The van der Waals surface area contributed by atoms with Gasteiger partial charge in [0.15, 0.2) is 0 Å². The fourth-order valence-corrected chi connectivity index (χ4v) is 5.92. The molecule has 5 rings (SSSR count). The number of anilines is 2. The molecule has 1 N–H and O–H groups in total. The SMILES string of the molecule is CCS(=O)(=O)N1CC(CC#N)(n2cc(-c3ccnc(Nc4ccc(C(=O)N5CC[C@H](F)C5)cc4)n3)cn2)C1. The molecule has 0 spiro atoms. The Kier molecular flexibility index (Phi) is 6.85. The van der Waals surface area contributed by atoms with E-state index in [4.69, 9.17) is 0 Å². The van der Waals surface area contributed by atoms with Crippen molar-refractivity contribution >= 4 is 27.6 Å². The Morgan fingerprint density at radius 3 is 2.68 bits per heavy atom. The molecule has 1 aromatic carbocycles. The summed E-state index contributed by atoms with van der Waals surface area (Å²) in [5.74, 6) is 0.154. The van der Waals surface area contributed by atoms with E-state index in [1.54, 1.807) is 60.5 Å². The van der Waals surface area contributed by atoms with Gasteiger partial charge < -0.3 is 10.2 Å². The Balaban J connectivity index is 1.28. The molecule has 0 bridgehead atoms. The number of sulfonamides is 1. The van der Waals surface area contributed by atoms with Crippen molar-refractivity contribution in [1.29, 1.82) is 5.26 Å². The molecule has 3 aromatic rings. The van der Waals surface area contributed by atoms with Gasteiger partial charge in [0.1, 0.15) is 11.7 Å². The maximum absolute atomic E-state index is 13.4. The summed E-state index contributed by atoms with van der Waals surface area (Å²) in [7, 11) is -3.34. The molecule has 0 radical (unpaired) electrons. The molecule has 0 unspecified atom stereocenters. The van der Waals surface area contributed by atoms with Crippen LogP contribution >= 0.6 is 0 Å². The van der Waals surface area contributed by atoms with Crippen LogP contribution in [0.15, 0.2) is 48.9 Å². The first-order valence-corrected chi connectivity index (χ1v) is 13.9. The Morgan fingerprint density at radius 2 is 2.03 bits per heavy atom. The molecule has 1 amide bonds. The summed E-state index contributed by atoms with van der Waals surface area (Å²) in [4.78, 5) is 22.9. The summed E-state index contributed by atoms with van der Waals surface area (Å²) in [5, 5.41) is 16.9. The van der Waals surface area contributed by atoms with Crippen molar-refractivity contribution in [3.63, 3.8) is 0 Å². The van der Waals surface area contributed by atoms with Gasteiger partial charge in [-0.05, 0) is 43.7 Å². The molecule has 11 nitrogen and oxygen atoms in total. The third kappa shape index (κ3) is 4.97. The second kappa shape index (κ2) is 10.1. The van der Waals surface area contributed by atoms with Crippen molar-refractivity contribution in [1.82, 2.24) is 29.0 Å². The molecular formula is C25H27FN8O3S. The van der Waals surface area contributed by atoms with E-state index in [1.165, 1.54) is 9.21 Å². The standard InChI is InChI=1S/C25H27FN8O3S/c1-2-38(36,37)33-16-25(17-33,9-10-27)34-14-19(13-29-34)22-7-11-28-24(31-22)30-21-5-3-18(4-6-21)23(35)32-12-8-20(26)15-32/h3-7,11,13-14,20H,2,8-9,12,15-17H2,1H3,(H,28,30,31)/t20-/m0/s1. The van der Waals surface area contributed by atoms with E-state index >= 15 is 0 Å². The highest BCUT2D eigenvalue weighted by Gasteiger charge is 2.49. The van der Waals surface area contributed by atoms with Gasteiger partial charge in [0.05, 0.1) is 36.7 Å². The fourth-order valence-electron chi connectivity index (χ4n) is 4.68. The van der Waals surface area contributed by atoms with Crippen molar-refractivity contribution in [3.05, 3.63) is 54.5 Å². The van der Waals surface area contributed by atoms with Gasteiger partial charge in [0, 0.05) is 48.8 Å². The van der Waals surface area contributed by atoms with Crippen LogP contribution in [0.3, 0.4) is 0 Å². The number of nitriles is 1. The number of halogens is 1. The molecule has 2 aliphatic rings. The number of carbonyl (C=O) groups excluding carboxylic acids is 1. The fraction of sp³-hybridized carbons (Fsp3) is 0.400. The minimum atomic E-state index is -3.34. The van der Waals surface area contributed by atoms with Gasteiger partial charge in [0.25, 0.3) is 5.91 Å². The molecule has 2 saturated heterocycles.